The third-order valence-corrected chi connectivity index (χ3v) is 7.53. The van der Waals surface area contributed by atoms with Crippen molar-refractivity contribution in [2.75, 3.05) is 13.2 Å². The van der Waals surface area contributed by atoms with Crippen LogP contribution in [0.2, 0.25) is 5.02 Å². The molecule has 0 spiro atoms. The highest BCUT2D eigenvalue weighted by Crippen LogP contribution is 2.27. The van der Waals surface area contributed by atoms with E-state index in [4.69, 9.17) is 16.3 Å². The van der Waals surface area contributed by atoms with E-state index in [1.54, 1.807) is 41.3 Å². The summed E-state index contributed by atoms with van der Waals surface area (Å²) in [5.41, 5.74) is 1.25. The second-order valence-corrected chi connectivity index (χ2v) is 10.6. The van der Waals surface area contributed by atoms with Crippen molar-refractivity contribution < 1.29 is 18.7 Å². The van der Waals surface area contributed by atoms with E-state index < -0.39 is 6.04 Å². The molecule has 1 aliphatic carbocycles. The summed E-state index contributed by atoms with van der Waals surface area (Å²) in [6.45, 7) is 0.656. The van der Waals surface area contributed by atoms with E-state index in [2.05, 4.69) is 20.7 Å². The molecule has 0 radical (unpaired) electrons. The molecular formula is C28H32ClFN6O3. The van der Waals surface area contributed by atoms with Crippen molar-refractivity contribution in [1.82, 2.24) is 30.4 Å². The minimum atomic E-state index is -0.874. The number of nitrogens with one attached hydrogen (secondary N) is 1. The molecule has 2 heterocycles. The summed E-state index contributed by atoms with van der Waals surface area (Å²) in [4.78, 5) is 30.4. The van der Waals surface area contributed by atoms with Crippen molar-refractivity contribution in [1.29, 1.82) is 0 Å². The van der Waals surface area contributed by atoms with Crippen molar-refractivity contribution in [2.45, 2.75) is 69.7 Å². The number of aromatic nitrogens is 4. The second-order valence-electron chi connectivity index (χ2n) is 10.1. The molecule has 206 valence electrons. The third kappa shape index (κ3) is 6.99. The van der Waals surface area contributed by atoms with Gasteiger partial charge in [-0.15, -0.1) is 10.2 Å². The van der Waals surface area contributed by atoms with Crippen molar-refractivity contribution >= 4 is 23.4 Å². The predicted octanol–water partition coefficient (Wildman–Crippen LogP) is 4.33. The summed E-state index contributed by atoms with van der Waals surface area (Å²) in [5, 5.41) is 16.1. The number of benzene rings is 2. The van der Waals surface area contributed by atoms with E-state index in [-0.39, 0.29) is 48.7 Å². The van der Waals surface area contributed by atoms with Gasteiger partial charge in [-0.1, -0.05) is 43.0 Å². The zero-order chi connectivity index (χ0) is 27.2. The van der Waals surface area contributed by atoms with E-state index in [0.29, 0.717) is 22.8 Å². The maximum absolute atomic E-state index is 13.9. The predicted molar refractivity (Wildman–Crippen MR) is 143 cm³/mol. The fourth-order valence-electron chi connectivity index (χ4n) is 5.24. The summed E-state index contributed by atoms with van der Waals surface area (Å²) >= 11 is 6.15. The summed E-state index contributed by atoms with van der Waals surface area (Å²) in [7, 11) is 0. The van der Waals surface area contributed by atoms with Crippen LogP contribution in [0.3, 0.4) is 0 Å². The summed E-state index contributed by atoms with van der Waals surface area (Å²) in [6.07, 6.45) is 6.69. The Labute approximate surface area is 231 Å². The molecule has 2 fully saturated rings. The fourth-order valence-corrected chi connectivity index (χ4v) is 5.37. The molecule has 2 aliphatic rings. The van der Waals surface area contributed by atoms with Crippen LogP contribution in [-0.2, 0) is 20.9 Å². The average molecular weight is 555 g/mol. The highest BCUT2D eigenvalue weighted by Gasteiger charge is 2.35. The molecule has 9 nitrogen and oxygen atoms in total. The Morgan fingerprint density at radius 2 is 1.79 bits per heavy atom. The number of carbonyl (C=O) groups excluding carboxylic acids is 2. The number of nitrogens with zero attached hydrogens (tertiary/aromatic N) is 5. The lowest BCUT2D eigenvalue weighted by molar-refractivity contribution is -0.143. The molecule has 1 N–H and O–H groups in total. The van der Waals surface area contributed by atoms with E-state index in [9.17, 15) is 14.0 Å². The van der Waals surface area contributed by atoms with Gasteiger partial charge in [0.25, 0.3) is 0 Å². The lowest BCUT2D eigenvalue weighted by Crippen LogP contribution is -2.50. The number of carbonyl (C=O) groups is 2. The zero-order valence-electron chi connectivity index (χ0n) is 21.6. The van der Waals surface area contributed by atoms with Gasteiger partial charge in [-0.2, -0.15) is 4.80 Å². The molecule has 1 saturated carbocycles. The molecule has 11 heteroatoms. The molecule has 2 amide bonds. The topological polar surface area (TPSA) is 102 Å². The van der Waals surface area contributed by atoms with Gasteiger partial charge in [0.2, 0.25) is 17.6 Å². The van der Waals surface area contributed by atoms with Gasteiger partial charge in [-0.3, -0.25) is 9.59 Å². The van der Waals surface area contributed by atoms with Crippen molar-refractivity contribution in [3.8, 4) is 11.4 Å². The van der Waals surface area contributed by atoms with Crippen LogP contribution in [0.1, 0.15) is 56.6 Å². The van der Waals surface area contributed by atoms with Crippen LogP contribution < -0.4 is 5.32 Å². The molecular weight excluding hydrogens is 523 g/mol. The molecule has 0 bridgehead atoms. The second kappa shape index (κ2) is 12.7. The number of rotatable bonds is 9. The van der Waals surface area contributed by atoms with E-state index in [1.807, 2.05) is 0 Å². The maximum atomic E-state index is 13.9. The van der Waals surface area contributed by atoms with E-state index in [1.165, 1.54) is 23.4 Å². The third-order valence-electron chi connectivity index (χ3n) is 7.27. The van der Waals surface area contributed by atoms with Crippen LogP contribution in [0, 0.1) is 5.82 Å². The number of hydrogen-bond donors (Lipinski definition) is 1. The van der Waals surface area contributed by atoms with Crippen LogP contribution in [0.25, 0.3) is 11.4 Å². The Morgan fingerprint density at radius 3 is 2.49 bits per heavy atom. The zero-order valence-corrected chi connectivity index (χ0v) is 22.4. The fraction of sp³-hybridized carbons (Fsp3) is 0.464. The van der Waals surface area contributed by atoms with Crippen LogP contribution in [-0.4, -0.2) is 62.2 Å². The smallest absolute Gasteiger partial charge is 0.247 e. The van der Waals surface area contributed by atoms with E-state index in [0.717, 1.165) is 38.5 Å². The SMILES string of the molecule is O=C(NC1CCCCC1)C(c1ccc(Cl)cc1)N(CC1CCCO1)C(=O)Cn1nnc(-c2ccc(F)cc2)n1. The Morgan fingerprint density at radius 1 is 1.05 bits per heavy atom. The number of amides is 2. The first-order valence-corrected chi connectivity index (χ1v) is 13.8. The van der Waals surface area contributed by atoms with Gasteiger partial charge >= 0.3 is 0 Å². The molecule has 2 unspecified atom stereocenters. The highest BCUT2D eigenvalue weighted by atomic mass is 35.5. The molecule has 2 aromatic carbocycles. The Kier molecular flexibility index (Phi) is 8.83. The summed E-state index contributed by atoms with van der Waals surface area (Å²) in [6, 6.07) is 11.9. The molecule has 2 atom stereocenters. The van der Waals surface area contributed by atoms with Crippen LogP contribution in [0.5, 0.6) is 0 Å². The largest absolute Gasteiger partial charge is 0.376 e. The lowest BCUT2D eigenvalue weighted by Gasteiger charge is -2.34. The van der Waals surface area contributed by atoms with Gasteiger partial charge < -0.3 is 15.0 Å². The maximum Gasteiger partial charge on any atom is 0.247 e. The molecule has 5 rings (SSSR count). The van der Waals surface area contributed by atoms with Crippen molar-refractivity contribution in [3.63, 3.8) is 0 Å². The quantitative estimate of drug-likeness (QED) is 0.422. The molecule has 1 aliphatic heterocycles. The Bertz CT molecular complexity index is 1260. The van der Waals surface area contributed by atoms with Gasteiger partial charge in [0.15, 0.2) is 0 Å². The van der Waals surface area contributed by atoms with Crippen molar-refractivity contribution in [3.05, 3.63) is 64.9 Å². The van der Waals surface area contributed by atoms with Gasteiger partial charge in [-0.05, 0) is 72.9 Å². The summed E-state index contributed by atoms with van der Waals surface area (Å²) < 4.78 is 19.2. The van der Waals surface area contributed by atoms with E-state index >= 15 is 0 Å². The van der Waals surface area contributed by atoms with Crippen LogP contribution in [0.15, 0.2) is 48.5 Å². The highest BCUT2D eigenvalue weighted by molar-refractivity contribution is 6.30. The van der Waals surface area contributed by atoms with Gasteiger partial charge in [0.1, 0.15) is 18.4 Å². The van der Waals surface area contributed by atoms with Crippen LogP contribution in [0.4, 0.5) is 4.39 Å². The average Bonchev–Trinajstić information content (AvgIpc) is 3.63. The van der Waals surface area contributed by atoms with Gasteiger partial charge in [0, 0.05) is 29.8 Å². The monoisotopic (exact) mass is 554 g/mol. The van der Waals surface area contributed by atoms with Gasteiger partial charge in [-0.25, -0.2) is 4.39 Å². The number of tetrazole rings is 1. The number of halogens is 2. The molecule has 1 aromatic heterocycles. The first-order valence-electron chi connectivity index (χ1n) is 13.5. The standard InChI is InChI=1S/C28H32ClFN6O3/c29-21-12-8-19(9-13-21)26(28(38)31-23-5-2-1-3-6-23)35(17-24-7-4-16-39-24)25(37)18-36-33-27(32-34-36)20-10-14-22(30)15-11-20/h8-15,23-24,26H,1-7,16-18H2,(H,31,38). The number of hydrogen-bond acceptors (Lipinski definition) is 6. The minimum Gasteiger partial charge on any atom is -0.376 e. The minimum absolute atomic E-state index is 0.0796. The van der Waals surface area contributed by atoms with Crippen molar-refractivity contribution in [2.24, 2.45) is 0 Å². The van der Waals surface area contributed by atoms with Crippen LogP contribution >= 0.6 is 11.6 Å². The first-order chi connectivity index (χ1) is 19.0. The number of ether oxygens (including phenoxy) is 1. The molecule has 1 saturated heterocycles. The summed E-state index contributed by atoms with van der Waals surface area (Å²) in [5.74, 6) is -0.662. The Balaban J connectivity index is 1.41. The van der Waals surface area contributed by atoms with Gasteiger partial charge in [0.05, 0.1) is 6.10 Å². The molecule has 39 heavy (non-hydrogen) atoms. The normalized spacial score (nSPS) is 18.6. The first kappa shape index (κ1) is 27.2. The Hall–Kier alpha value is -3.37. The lowest BCUT2D eigenvalue weighted by atomic mass is 9.94. The molecule has 3 aromatic rings.